The van der Waals surface area contributed by atoms with Crippen molar-refractivity contribution < 1.29 is 23.7 Å². The SMILES string of the molecule is COc1cc(OCc2ccccc2)cc(OCCN2CCNCC2)c1C(=O)c1ccc(OCc2ccccc2)cc1. The maximum absolute atomic E-state index is 13.8. The molecule has 0 bridgehead atoms. The summed E-state index contributed by atoms with van der Waals surface area (Å²) in [6, 6.07) is 30.6. The van der Waals surface area contributed by atoms with Crippen LogP contribution in [0.4, 0.5) is 0 Å². The second-order valence-corrected chi connectivity index (χ2v) is 9.84. The van der Waals surface area contributed by atoms with Crippen LogP contribution in [0.5, 0.6) is 23.0 Å². The molecule has 0 spiro atoms. The van der Waals surface area contributed by atoms with E-state index in [0.29, 0.717) is 53.9 Å². The fourth-order valence-corrected chi connectivity index (χ4v) is 4.70. The van der Waals surface area contributed by atoms with Crippen molar-refractivity contribution in [1.82, 2.24) is 10.2 Å². The Bertz CT molecular complexity index is 1390. The Balaban J connectivity index is 1.35. The lowest BCUT2D eigenvalue weighted by Gasteiger charge is -2.27. The third kappa shape index (κ3) is 7.87. The first-order valence-electron chi connectivity index (χ1n) is 14.0. The predicted molar refractivity (Wildman–Crippen MR) is 159 cm³/mol. The molecule has 7 nitrogen and oxygen atoms in total. The molecule has 1 saturated heterocycles. The van der Waals surface area contributed by atoms with Gasteiger partial charge in [-0.2, -0.15) is 0 Å². The highest BCUT2D eigenvalue weighted by molar-refractivity contribution is 6.12. The first kappa shape index (κ1) is 28.2. The molecule has 212 valence electrons. The number of rotatable bonds is 13. The molecular weight excluding hydrogens is 516 g/mol. The molecule has 1 aliphatic rings. The van der Waals surface area contributed by atoms with Crippen LogP contribution in [-0.2, 0) is 13.2 Å². The Labute approximate surface area is 241 Å². The van der Waals surface area contributed by atoms with Crippen LogP contribution < -0.4 is 24.3 Å². The lowest BCUT2D eigenvalue weighted by atomic mass is 10.0. The van der Waals surface area contributed by atoms with E-state index < -0.39 is 0 Å². The number of ether oxygens (including phenoxy) is 4. The summed E-state index contributed by atoms with van der Waals surface area (Å²) in [6.45, 7) is 5.92. The van der Waals surface area contributed by atoms with E-state index in [1.165, 1.54) is 0 Å². The molecule has 1 N–H and O–H groups in total. The lowest BCUT2D eigenvalue weighted by Crippen LogP contribution is -2.44. The van der Waals surface area contributed by atoms with Crippen molar-refractivity contribution in [2.45, 2.75) is 13.2 Å². The number of carbonyl (C=O) groups is 1. The van der Waals surface area contributed by atoms with Gasteiger partial charge in [-0.15, -0.1) is 0 Å². The van der Waals surface area contributed by atoms with Crippen molar-refractivity contribution in [3.05, 3.63) is 119 Å². The maximum Gasteiger partial charge on any atom is 0.200 e. The van der Waals surface area contributed by atoms with Crippen molar-refractivity contribution >= 4 is 5.78 Å². The minimum atomic E-state index is -0.191. The van der Waals surface area contributed by atoms with E-state index in [1.54, 1.807) is 31.4 Å². The highest BCUT2D eigenvalue weighted by Crippen LogP contribution is 2.36. The predicted octanol–water partition coefficient (Wildman–Crippen LogP) is 5.37. The Kier molecular flexibility index (Phi) is 9.87. The van der Waals surface area contributed by atoms with Gasteiger partial charge in [0, 0.05) is 50.4 Å². The van der Waals surface area contributed by atoms with Crippen LogP contribution in [0.2, 0.25) is 0 Å². The lowest BCUT2D eigenvalue weighted by molar-refractivity contribution is 0.103. The number of piperazine rings is 1. The summed E-state index contributed by atoms with van der Waals surface area (Å²) >= 11 is 0. The van der Waals surface area contributed by atoms with Crippen LogP contribution in [-0.4, -0.2) is 57.1 Å². The van der Waals surface area contributed by atoms with Crippen LogP contribution in [0, 0.1) is 0 Å². The van der Waals surface area contributed by atoms with E-state index in [2.05, 4.69) is 10.2 Å². The second kappa shape index (κ2) is 14.3. The fourth-order valence-electron chi connectivity index (χ4n) is 4.70. The number of nitrogens with one attached hydrogen (secondary N) is 1. The summed E-state index contributed by atoms with van der Waals surface area (Å²) in [6.07, 6.45) is 0. The molecule has 4 aromatic rings. The Morgan fingerprint density at radius 1 is 0.732 bits per heavy atom. The standard InChI is InChI=1S/C34H36N2O5/c1-38-31-22-30(41-25-27-10-6-3-7-11-27)23-32(39-21-20-36-18-16-35-17-19-36)33(31)34(37)28-12-14-29(15-13-28)40-24-26-8-4-2-5-9-26/h2-15,22-23,35H,16-21,24-25H2,1H3. The van der Waals surface area contributed by atoms with Gasteiger partial charge in [0.1, 0.15) is 48.4 Å². The third-order valence-corrected chi connectivity index (χ3v) is 6.97. The summed E-state index contributed by atoms with van der Waals surface area (Å²) in [7, 11) is 1.55. The zero-order valence-electron chi connectivity index (χ0n) is 23.4. The first-order chi connectivity index (χ1) is 20.2. The molecule has 0 unspecified atom stereocenters. The fraction of sp³-hybridized carbons (Fsp3) is 0.265. The van der Waals surface area contributed by atoms with Gasteiger partial charge in [-0.1, -0.05) is 60.7 Å². The molecule has 1 fully saturated rings. The number of carbonyl (C=O) groups excluding carboxylic acids is 1. The molecule has 5 rings (SSSR count). The minimum Gasteiger partial charge on any atom is -0.496 e. The van der Waals surface area contributed by atoms with Gasteiger partial charge in [0.2, 0.25) is 5.78 Å². The molecular formula is C34H36N2O5. The molecule has 1 heterocycles. The van der Waals surface area contributed by atoms with Crippen LogP contribution >= 0.6 is 0 Å². The van der Waals surface area contributed by atoms with Crippen molar-refractivity contribution in [3.63, 3.8) is 0 Å². The highest BCUT2D eigenvalue weighted by atomic mass is 16.5. The van der Waals surface area contributed by atoms with Gasteiger partial charge < -0.3 is 24.3 Å². The number of nitrogens with zero attached hydrogens (tertiary/aromatic N) is 1. The van der Waals surface area contributed by atoms with Gasteiger partial charge in [-0.05, 0) is 35.4 Å². The molecule has 0 radical (unpaired) electrons. The summed E-state index contributed by atoms with van der Waals surface area (Å²) < 4.78 is 24.0. The number of ketones is 1. The monoisotopic (exact) mass is 552 g/mol. The topological polar surface area (TPSA) is 69.3 Å². The first-order valence-corrected chi connectivity index (χ1v) is 14.0. The molecule has 1 aliphatic heterocycles. The van der Waals surface area contributed by atoms with E-state index in [0.717, 1.165) is 43.9 Å². The van der Waals surface area contributed by atoms with Gasteiger partial charge >= 0.3 is 0 Å². The smallest absolute Gasteiger partial charge is 0.200 e. The van der Waals surface area contributed by atoms with E-state index in [9.17, 15) is 4.79 Å². The molecule has 41 heavy (non-hydrogen) atoms. The van der Waals surface area contributed by atoms with Crippen LogP contribution in [0.1, 0.15) is 27.0 Å². The Hall–Kier alpha value is -4.33. The number of benzene rings is 4. The molecule has 7 heteroatoms. The van der Waals surface area contributed by atoms with Crippen molar-refractivity contribution in [2.75, 3.05) is 46.4 Å². The summed E-state index contributed by atoms with van der Waals surface area (Å²) in [5.74, 6) is 1.92. The summed E-state index contributed by atoms with van der Waals surface area (Å²) in [4.78, 5) is 16.2. The number of methoxy groups -OCH3 is 1. The molecule has 0 amide bonds. The zero-order valence-corrected chi connectivity index (χ0v) is 23.4. The van der Waals surface area contributed by atoms with E-state index in [-0.39, 0.29) is 5.78 Å². The van der Waals surface area contributed by atoms with Gasteiger partial charge in [0.25, 0.3) is 0 Å². The maximum atomic E-state index is 13.8. The minimum absolute atomic E-state index is 0.191. The largest absolute Gasteiger partial charge is 0.496 e. The van der Waals surface area contributed by atoms with Gasteiger partial charge in [0.15, 0.2) is 0 Å². The summed E-state index contributed by atoms with van der Waals surface area (Å²) in [5, 5.41) is 3.37. The van der Waals surface area contributed by atoms with Crippen LogP contribution in [0.15, 0.2) is 97.1 Å². The molecule has 0 atom stereocenters. The average molecular weight is 553 g/mol. The number of hydrogen-bond donors (Lipinski definition) is 1. The van der Waals surface area contributed by atoms with Crippen LogP contribution in [0.25, 0.3) is 0 Å². The molecule has 0 aliphatic carbocycles. The Morgan fingerprint density at radius 3 is 1.93 bits per heavy atom. The molecule has 0 aromatic heterocycles. The van der Waals surface area contributed by atoms with E-state index >= 15 is 0 Å². The van der Waals surface area contributed by atoms with Gasteiger partial charge in [0.05, 0.1) is 7.11 Å². The third-order valence-electron chi connectivity index (χ3n) is 6.97. The molecule has 0 saturated carbocycles. The zero-order chi connectivity index (χ0) is 28.3. The van der Waals surface area contributed by atoms with Crippen molar-refractivity contribution in [2.24, 2.45) is 0 Å². The highest BCUT2D eigenvalue weighted by Gasteiger charge is 2.23. The van der Waals surface area contributed by atoms with Crippen molar-refractivity contribution in [3.8, 4) is 23.0 Å². The van der Waals surface area contributed by atoms with E-state index in [4.69, 9.17) is 18.9 Å². The van der Waals surface area contributed by atoms with Crippen molar-refractivity contribution in [1.29, 1.82) is 0 Å². The van der Waals surface area contributed by atoms with Gasteiger partial charge in [-0.25, -0.2) is 0 Å². The summed E-state index contributed by atoms with van der Waals surface area (Å²) in [5.41, 5.74) is 3.01. The number of hydrogen-bond acceptors (Lipinski definition) is 7. The quantitative estimate of drug-likeness (QED) is 0.224. The normalized spacial score (nSPS) is 13.4. The molecule has 4 aromatic carbocycles. The van der Waals surface area contributed by atoms with Gasteiger partial charge in [-0.3, -0.25) is 9.69 Å². The Morgan fingerprint density at radius 2 is 1.32 bits per heavy atom. The second-order valence-electron chi connectivity index (χ2n) is 9.84. The van der Waals surface area contributed by atoms with Crippen LogP contribution in [0.3, 0.4) is 0 Å². The van der Waals surface area contributed by atoms with E-state index in [1.807, 2.05) is 72.8 Å². The average Bonchev–Trinajstić information content (AvgIpc) is 3.04.